The number of halogens is 2. The molecule has 0 saturated heterocycles. The molecule has 5 heteroatoms. The summed E-state index contributed by atoms with van der Waals surface area (Å²) in [5, 5.41) is 8.43. The van der Waals surface area contributed by atoms with E-state index in [0.717, 1.165) is 0 Å². The van der Waals surface area contributed by atoms with Crippen molar-refractivity contribution < 1.29 is 10.1 Å². The van der Waals surface area contributed by atoms with E-state index in [1.807, 2.05) is 0 Å². The molecule has 0 bridgehead atoms. The monoisotopic (exact) mass is 179 g/mol. The summed E-state index contributed by atoms with van der Waals surface area (Å²) in [7, 11) is 0. The average Bonchev–Trinajstić information content (AvgIpc) is 1.88. The lowest BCUT2D eigenvalue weighted by atomic mass is 10.5. The Morgan fingerprint density at radius 3 is 2.60 bits per heavy atom. The van der Waals surface area contributed by atoms with E-state index in [-0.39, 0.29) is 16.1 Å². The largest absolute Gasteiger partial charge is 0.337 e. The van der Waals surface area contributed by atoms with Crippen molar-refractivity contribution in [1.29, 1.82) is 0 Å². The van der Waals surface area contributed by atoms with E-state index in [4.69, 9.17) is 28.5 Å². The standard InChI is InChI=1S/C5H3Cl2NO2/c6-4-2-1-3(10-9)5(7)8-4/h1-2,9H. The van der Waals surface area contributed by atoms with Crippen LogP contribution in [0, 0.1) is 0 Å². The van der Waals surface area contributed by atoms with Crippen molar-refractivity contribution in [2.24, 2.45) is 0 Å². The van der Waals surface area contributed by atoms with Gasteiger partial charge >= 0.3 is 0 Å². The van der Waals surface area contributed by atoms with Gasteiger partial charge in [-0.15, -0.1) is 0 Å². The average molecular weight is 180 g/mol. The van der Waals surface area contributed by atoms with E-state index in [0.29, 0.717) is 0 Å². The van der Waals surface area contributed by atoms with Gasteiger partial charge in [-0.2, -0.15) is 0 Å². The summed E-state index contributed by atoms with van der Waals surface area (Å²) in [5.41, 5.74) is 0. The summed E-state index contributed by atoms with van der Waals surface area (Å²) >= 11 is 10.9. The van der Waals surface area contributed by atoms with Crippen LogP contribution in [0.1, 0.15) is 0 Å². The minimum absolute atomic E-state index is 0.0370. The summed E-state index contributed by atoms with van der Waals surface area (Å²) in [6.45, 7) is 0. The van der Waals surface area contributed by atoms with Crippen molar-refractivity contribution in [2.75, 3.05) is 0 Å². The molecule has 0 radical (unpaired) electrons. The number of hydrogen-bond acceptors (Lipinski definition) is 3. The molecule has 0 aliphatic heterocycles. The molecule has 0 unspecified atom stereocenters. The van der Waals surface area contributed by atoms with Crippen LogP contribution in [0.15, 0.2) is 12.1 Å². The second-order valence-corrected chi connectivity index (χ2v) is 2.26. The Balaban J connectivity index is 3.07. The van der Waals surface area contributed by atoms with Gasteiger partial charge in [0.25, 0.3) is 0 Å². The maximum atomic E-state index is 8.14. The van der Waals surface area contributed by atoms with E-state index in [9.17, 15) is 0 Å². The van der Waals surface area contributed by atoms with Gasteiger partial charge < -0.3 is 4.89 Å². The van der Waals surface area contributed by atoms with E-state index in [1.54, 1.807) is 0 Å². The predicted octanol–water partition coefficient (Wildman–Crippen LogP) is 2.24. The second kappa shape index (κ2) is 3.05. The van der Waals surface area contributed by atoms with Gasteiger partial charge in [0.1, 0.15) is 5.15 Å². The van der Waals surface area contributed by atoms with Gasteiger partial charge in [-0.25, -0.2) is 10.2 Å². The third kappa shape index (κ3) is 1.50. The van der Waals surface area contributed by atoms with Crippen LogP contribution in [0.3, 0.4) is 0 Å². The first kappa shape index (κ1) is 7.60. The first-order chi connectivity index (χ1) is 4.74. The highest BCUT2D eigenvalue weighted by Gasteiger charge is 2.01. The zero-order valence-electron chi connectivity index (χ0n) is 4.71. The van der Waals surface area contributed by atoms with Crippen LogP contribution >= 0.6 is 23.2 Å². The summed E-state index contributed by atoms with van der Waals surface area (Å²) in [4.78, 5) is 7.44. The summed E-state index contributed by atoms with van der Waals surface area (Å²) in [6.07, 6.45) is 0. The van der Waals surface area contributed by atoms with Gasteiger partial charge in [0.2, 0.25) is 5.75 Å². The molecule has 0 aromatic carbocycles. The lowest BCUT2D eigenvalue weighted by Crippen LogP contribution is -1.86. The van der Waals surface area contributed by atoms with Crippen molar-refractivity contribution in [3.05, 3.63) is 22.4 Å². The maximum Gasteiger partial charge on any atom is 0.202 e. The second-order valence-electron chi connectivity index (χ2n) is 1.51. The SMILES string of the molecule is OOc1ccc(Cl)nc1Cl. The molecule has 1 rings (SSSR count). The molecule has 1 N–H and O–H groups in total. The summed E-state index contributed by atoms with van der Waals surface area (Å²) in [5.74, 6) is 0.0890. The Bertz CT molecular complexity index is 241. The summed E-state index contributed by atoms with van der Waals surface area (Å²) in [6, 6.07) is 2.87. The van der Waals surface area contributed by atoms with Crippen LogP contribution in [0.2, 0.25) is 10.3 Å². The molecule has 0 aliphatic rings. The van der Waals surface area contributed by atoms with Gasteiger partial charge in [-0.05, 0) is 12.1 Å². The topological polar surface area (TPSA) is 42.4 Å². The van der Waals surface area contributed by atoms with Crippen molar-refractivity contribution in [2.45, 2.75) is 0 Å². The molecule has 0 saturated carbocycles. The van der Waals surface area contributed by atoms with Crippen LogP contribution in [-0.2, 0) is 0 Å². The number of hydrogen-bond donors (Lipinski definition) is 1. The van der Waals surface area contributed by atoms with Crippen LogP contribution in [0.5, 0.6) is 5.75 Å². The molecule has 1 heterocycles. The van der Waals surface area contributed by atoms with Crippen molar-refractivity contribution in [1.82, 2.24) is 4.98 Å². The fourth-order valence-electron chi connectivity index (χ4n) is 0.467. The third-order valence-electron chi connectivity index (χ3n) is 0.879. The van der Waals surface area contributed by atoms with Crippen molar-refractivity contribution in [3.63, 3.8) is 0 Å². The minimum atomic E-state index is 0.0370. The highest BCUT2D eigenvalue weighted by Crippen LogP contribution is 2.22. The van der Waals surface area contributed by atoms with E-state index in [2.05, 4.69) is 9.87 Å². The smallest absolute Gasteiger partial charge is 0.202 e. The summed E-state index contributed by atoms with van der Waals surface area (Å²) < 4.78 is 0. The predicted molar refractivity (Wildman–Crippen MR) is 37.5 cm³/mol. The molecule has 10 heavy (non-hydrogen) atoms. The lowest BCUT2D eigenvalue weighted by Gasteiger charge is -1.97. The van der Waals surface area contributed by atoms with Gasteiger partial charge in [0, 0.05) is 0 Å². The van der Waals surface area contributed by atoms with E-state index < -0.39 is 0 Å². The van der Waals surface area contributed by atoms with Crippen molar-refractivity contribution >= 4 is 23.2 Å². The number of pyridine rings is 1. The van der Waals surface area contributed by atoms with Crippen LogP contribution in [-0.4, -0.2) is 10.2 Å². The Hall–Kier alpha value is -0.510. The number of rotatable bonds is 1. The van der Waals surface area contributed by atoms with Gasteiger partial charge in [0.15, 0.2) is 5.15 Å². The quantitative estimate of drug-likeness (QED) is 0.409. The van der Waals surface area contributed by atoms with Gasteiger partial charge in [0.05, 0.1) is 0 Å². The van der Waals surface area contributed by atoms with E-state index in [1.165, 1.54) is 12.1 Å². The molecule has 3 nitrogen and oxygen atoms in total. The minimum Gasteiger partial charge on any atom is -0.337 e. The third-order valence-corrected chi connectivity index (χ3v) is 1.36. The highest BCUT2D eigenvalue weighted by atomic mass is 35.5. The first-order valence-electron chi connectivity index (χ1n) is 2.37. The first-order valence-corrected chi connectivity index (χ1v) is 3.13. The Kier molecular flexibility index (Phi) is 2.32. The van der Waals surface area contributed by atoms with Crippen LogP contribution in [0.25, 0.3) is 0 Å². The Morgan fingerprint density at radius 2 is 2.10 bits per heavy atom. The Morgan fingerprint density at radius 1 is 1.40 bits per heavy atom. The lowest BCUT2D eigenvalue weighted by molar-refractivity contribution is -0.137. The number of nitrogens with zero attached hydrogens (tertiary/aromatic N) is 1. The molecule has 54 valence electrons. The van der Waals surface area contributed by atoms with Crippen LogP contribution < -0.4 is 4.89 Å². The fraction of sp³-hybridized carbons (Fsp3) is 0. The maximum absolute atomic E-state index is 8.14. The molecule has 0 fully saturated rings. The zero-order valence-corrected chi connectivity index (χ0v) is 6.23. The van der Waals surface area contributed by atoms with Crippen LogP contribution in [0.4, 0.5) is 0 Å². The molecule has 1 aromatic heterocycles. The molecular formula is C5H3Cl2NO2. The zero-order chi connectivity index (χ0) is 7.56. The van der Waals surface area contributed by atoms with Crippen molar-refractivity contribution in [3.8, 4) is 5.75 Å². The molecule has 0 atom stereocenters. The molecule has 0 aliphatic carbocycles. The molecule has 0 spiro atoms. The van der Waals surface area contributed by atoms with E-state index >= 15 is 0 Å². The highest BCUT2D eigenvalue weighted by molar-refractivity contribution is 6.33. The normalized spacial score (nSPS) is 9.50. The molecular weight excluding hydrogens is 177 g/mol. The molecule has 1 aromatic rings. The van der Waals surface area contributed by atoms with Gasteiger partial charge in [-0.1, -0.05) is 23.2 Å². The number of aromatic nitrogens is 1. The Labute approximate surface area is 67.1 Å². The fourth-order valence-corrected chi connectivity index (χ4v) is 0.847. The van der Waals surface area contributed by atoms with Gasteiger partial charge in [-0.3, -0.25) is 0 Å². The molecule has 0 amide bonds.